The molecule has 7 nitrogen and oxygen atoms in total. The Balaban J connectivity index is 2.03. The van der Waals surface area contributed by atoms with Crippen LogP contribution in [0.3, 0.4) is 0 Å². The number of rotatable bonds is 3. The summed E-state index contributed by atoms with van der Waals surface area (Å²) in [4.78, 5) is 23.1. The number of carboxylic acid groups (broad SMARTS) is 1. The van der Waals surface area contributed by atoms with Gasteiger partial charge >= 0.3 is 12.0 Å². The lowest BCUT2D eigenvalue weighted by atomic mass is 9.87. The number of carbonyl (C=O) groups is 2. The number of hydrogen-bond acceptors (Lipinski definition) is 4. The van der Waals surface area contributed by atoms with Crippen molar-refractivity contribution in [3.63, 3.8) is 0 Å². The van der Waals surface area contributed by atoms with Crippen LogP contribution in [-0.2, 0) is 4.79 Å². The number of hydrogen-bond donors (Lipinski definition) is 3. The highest BCUT2D eigenvalue weighted by Crippen LogP contribution is 2.34. The topological polar surface area (TPSA) is 96.9 Å². The summed E-state index contributed by atoms with van der Waals surface area (Å²) in [6, 6.07) is 3.37. The molecule has 0 bridgehead atoms. The lowest BCUT2D eigenvalue weighted by Crippen LogP contribution is -2.50. The Morgan fingerprint density at radius 3 is 2.52 bits per heavy atom. The Kier molecular flexibility index (Phi) is 3.93. The Labute approximate surface area is 122 Å². The quantitative estimate of drug-likeness (QED) is 0.792. The van der Waals surface area contributed by atoms with Gasteiger partial charge in [0, 0.05) is 11.8 Å². The van der Waals surface area contributed by atoms with Gasteiger partial charge in [-0.1, -0.05) is 20.8 Å². The number of fused-ring (bicyclic) bond motifs is 1. The van der Waals surface area contributed by atoms with Crippen molar-refractivity contribution in [2.45, 2.75) is 26.8 Å². The van der Waals surface area contributed by atoms with Gasteiger partial charge in [0.15, 0.2) is 11.5 Å². The maximum Gasteiger partial charge on any atom is 0.326 e. The molecule has 1 aliphatic heterocycles. The van der Waals surface area contributed by atoms with Crippen molar-refractivity contribution >= 4 is 17.7 Å². The van der Waals surface area contributed by atoms with Crippen molar-refractivity contribution < 1.29 is 24.2 Å². The summed E-state index contributed by atoms with van der Waals surface area (Å²) in [7, 11) is 0. The molecular weight excluding hydrogens is 276 g/mol. The third-order valence-corrected chi connectivity index (χ3v) is 3.02. The van der Waals surface area contributed by atoms with Gasteiger partial charge in [-0.05, 0) is 17.5 Å². The Hall–Kier alpha value is -2.44. The molecular formula is C14H18N2O5. The molecule has 2 amide bonds. The molecule has 1 aromatic carbocycles. The van der Waals surface area contributed by atoms with Crippen molar-refractivity contribution in [3.05, 3.63) is 18.2 Å². The van der Waals surface area contributed by atoms with E-state index in [1.54, 1.807) is 39.0 Å². The molecule has 1 heterocycles. The third kappa shape index (κ3) is 3.56. The van der Waals surface area contributed by atoms with E-state index in [4.69, 9.17) is 9.47 Å². The average Bonchev–Trinajstić information content (AvgIpc) is 2.81. The maximum absolute atomic E-state index is 11.9. The number of urea groups is 1. The number of aliphatic carboxylic acids is 1. The van der Waals surface area contributed by atoms with Crippen LogP contribution in [0.2, 0.25) is 0 Å². The molecule has 0 fully saturated rings. The van der Waals surface area contributed by atoms with E-state index in [-0.39, 0.29) is 6.79 Å². The first-order chi connectivity index (χ1) is 9.77. The van der Waals surface area contributed by atoms with E-state index in [1.165, 1.54) is 0 Å². The van der Waals surface area contributed by atoms with Gasteiger partial charge in [-0.25, -0.2) is 9.59 Å². The largest absolute Gasteiger partial charge is 0.480 e. The van der Waals surface area contributed by atoms with Crippen LogP contribution >= 0.6 is 0 Å². The minimum Gasteiger partial charge on any atom is -0.480 e. The lowest BCUT2D eigenvalue weighted by molar-refractivity contribution is -0.141. The predicted molar refractivity (Wildman–Crippen MR) is 75.6 cm³/mol. The van der Waals surface area contributed by atoms with E-state index in [9.17, 15) is 14.7 Å². The molecule has 0 aromatic heterocycles. The number of carbonyl (C=O) groups excluding carboxylic acids is 1. The standard InChI is InChI=1S/C14H18N2O5/c1-14(2,3)11(12(17)18)16-13(19)15-8-4-5-9-10(6-8)21-7-20-9/h4-6,11H,7H2,1-3H3,(H,17,18)(H2,15,16,19)/t11-/m0/s1. The number of anilines is 1. The lowest BCUT2D eigenvalue weighted by Gasteiger charge is -2.27. The molecule has 0 saturated carbocycles. The summed E-state index contributed by atoms with van der Waals surface area (Å²) in [5.74, 6) is 0.0702. The first-order valence-electron chi connectivity index (χ1n) is 6.47. The van der Waals surface area contributed by atoms with Gasteiger partial charge in [-0.15, -0.1) is 0 Å². The smallest absolute Gasteiger partial charge is 0.326 e. The zero-order chi connectivity index (χ0) is 15.6. The van der Waals surface area contributed by atoms with Crippen molar-refractivity contribution in [3.8, 4) is 11.5 Å². The van der Waals surface area contributed by atoms with E-state index in [2.05, 4.69) is 10.6 Å². The molecule has 0 saturated heterocycles. The third-order valence-electron chi connectivity index (χ3n) is 3.02. The minimum absolute atomic E-state index is 0.149. The van der Waals surface area contributed by atoms with E-state index in [0.29, 0.717) is 17.2 Å². The van der Waals surface area contributed by atoms with Gasteiger partial charge in [-0.2, -0.15) is 0 Å². The van der Waals surface area contributed by atoms with Crippen LogP contribution in [0.15, 0.2) is 18.2 Å². The van der Waals surface area contributed by atoms with Crippen LogP contribution in [0.4, 0.5) is 10.5 Å². The van der Waals surface area contributed by atoms with Crippen LogP contribution in [0.25, 0.3) is 0 Å². The number of amides is 2. The molecule has 0 unspecified atom stereocenters. The summed E-state index contributed by atoms with van der Waals surface area (Å²) in [5, 5.41) is 14.2. The fourth-order valence-electron chi connectivity index (χ4n) is 1.92. The number of ether oxygens (including phenoxy) is 2. The SMILES string of the molecule is CC(C)(C)[C@@H](NC(=O)Nc1ccc2c(c1)OCO2)C(=O)O. The molecule has 1 atom stereocenters. The van der Waals surface area contributed by atoms with Gasteiger partial charge in [-0.3, -0.25) is 0 Å². The molecule has 1 aromatic rings. The van der Waals surface area contributed by atoms with Crippen LogP contribution in [0.1, 0.15) is 20.8 Å². The van der Waals surface area contributed by atoms with E-state index in [1.807, 2.05) is 0 Å². The first kappa shape index (κ1) is 15.0. The van der Waals surface area contributed by atoms with Crippen molar-refractivity contribution in [2.75, 3.05) is 12.1 Å². The zero-order valence-corrected chi connectivity index (χ0v) is 12.1. The molecule has 114 valence electrons. The van der Waals surface area contributed by atoms with Crippen molar-refractivity contribution in [2.24, 2.45) is 5.41 Å². The highest BCUT2D eigenvalue weighted by atomic mass is 16.7. The van der Waals surface area contributed by atoms with Gasteiger partial charge in [0.25, 0.3) is 0 Å². The summed E-state index contributed by atoms with van der Waals surface area (Å²) in [5.41, 5.74) is -0.104. The average molecular weight is 294 g/mol. The first-order valence-corrected chi connectivity index (χ1v) is 6.47. The number of nitrogens with one attached hydrogen (secondary N) is 2. The molecule has 0 aliphatic carbocycles. The highest BCUT2D eigenvalue weighted by Gasteiger charge is 2.32. The second-order valence-electron chi connectivity index (χ2n) is 5.80. The predicted octanol–water partition coefficient (Wildman–Crippen LogP) is 2.04. The van der Waals surface area contributed by atoms with Crippen LogP contribution < -0.4 is 20.1 Å². The molecule has 0 spiro atoms. The Morgan fingerprint density at radius 2 is 1.90 bits per heavy atom. The van der Waals surface area contributed by atoms with Crippen LogP contribution in [0.5, 0.6) is 11.5 Å². The van der Waals surface area contributed by atoms with E-state index >= 15 is 0 Å². The number of benzene rings is 1. The highest BCUT2D eigenvalue weighted by molar-refractivity contribution is 5.92. The van der Waals surface area contributed by atoms with Crippen LogP contribution in [-0.4, -0.2) is 29.9 Å². The Morgan fingerprint density at radius 1 is 1.24 bits per heavy atom. The second-order valence-corrected chi connectivity index (χ2v) is 5.80. The van der Waals surface area contributed by atoms with Gasteiger partial charge in [0.1, 0.15) is 6.04 Å². The monoisotopic (exact) mass is 294 g/mol. The molecule has 1 aliphatic rings. The molecule has 2 rings (SSSR count). The summed E-state index contributed by atoms with van der Waals surface area (Å²) in [6.07, 6.45) is 0. The molecule has 0 radical (unpaired) electrons. The van der Waals surface area contributed by atoms with E-state index < -0.39 is 23.5 Å². The zero-order valence-electron chi connectivity index (χ0n) is 12.1. The minimum atomic E-state index is -1.08. The summed E-state index contributed by atoms with van der Waals surface area (Å²) < 4.78 is 10.4. The van der Waals surface area contributed by atoms with Gasteiger partial charge in [0.2, 0.25) is 6.79 Å². The summed E-state index contributed by atoms with van der Waals surface area (Å²) >= 11 is 0. The molecule has 21 heavy (non-hydrogen) atoms. The molecule has 3 N–H and O–H groups in total. The Bertz CT molecular complexity index is 565. The van der Waals surface area contributed by atoms with Gasteiger partial charge < -0.3 is 25.2 Å². The fourth-order valence-corrected chi connectivity index (χ4v) is 1.92. The van der Waals surface area contributed by atoms with E-state index in [0.717, 1.165) is 0 Å². The molecule has 7 heteroatoms. The van der Waals surface area contributed by atoms with Crippen LogP contribution in [0, 0.1) is 5.41 Å². The van der Waals surface area contributed by atoms with Gasteiger partial charge in [0.05, 0.1) is 0 Å². The summed E-state index contributed by atoms with van der Waals surface area (Å²) in [6.45, 7) is 5.38. The van der Waals surface area contributed by atoms with Crippen molar-refractivity contribution in [1.29, 1.82) is 0 Å². The van der Waals surface area contributed by atoms with Crippen molar-refractivity contribution in [1.82, 2.24) is 5.32 Å². The maximum atomic E-state index is 11.9. The fraction of sp³-hybridized carbons (Fsp3) is 0.429. The number of carboxylic acids is 1. The second kappa shape index (κ2) is 5.51. The normalized spacial score (nSPS) is 14.4.